The van der Waals surface area contributed by atoms with Gasteiger partial charge >= 0.3 is 11.9 Å². The molecule has 0 aliphatic carbocycles. The summed E-state index contributed by atoms with van der Waals surface area (Å²) in [6.07, 6.45) is 0.801. The topological polar surface area (TPSA) is 125 Å². The summed E-state index contributed by atoms with van der Waals surface area (Å²) in [6.45, 7) is 10.1. The number of aromatic hydroxyl groups is 1. The minimum atomic E-state index is -0.992. The maximum Gasteiger partial charge on any atom is 0.341 e. The van der Waals surface area contributed by atoms with Gasteiger partial charge in [0, 0.05) is 29.7 Å². The van der Waals surface area contributed by atoms with Crippen molar-refractivity contribution in [1.29, 1.82) is 0 Å². The highest BCUT2D eigenvalue weighted by atomic mass is 16.7. The maximum absolute atomic E-state index is 12.8. The van der Waals surface area contributed by atoms with Crippen molar-refractivity contribution in [3.05, 3.63) is 45.3 Å². The number of phenols is 1. The van der Waals surface area contributed by atoms with E-state index in [4.69, 9.17) is 23.4 Å². The third-order valence-electron chi connectivity index (χ3n) is 6.54. The van der Waals surface area contributed by atoms with Gasteiger partial charge in [-0.05, 0) is 41.5 Å². The Balaban J connectivity index is 1.65. The first-order valence-corrected chi connectivity index (χ1v) is 11.1. The number of carbonyl (C=O) groups is 2. The number of carbonyl (C=O) groups excluding carboxylic acids is 2. The molecule has 3 unspecified atom stereocenters. The normalized spacial score (nSPS) is 25.3. The molecule has 1 fully saturated rings. The van der Waals surface area contributed by atoms with Gasteiger partial charge in [0.15, 0.2) is 11.0 Å². The lowest BCUT2D eigenvalue weighted by molar-refractivity contribution is -0.166. The van der Waals surface area contributed by atoms with Crippen molar-refractivity contribution in [2.24, 2.45) is 0 Å². The van der Waals surface area contributed by atoms with Crippen molar-refractivity contribution < 1.29 is 38.1 Å². The Bertz CT molecular complexity index is 1270. The second kappa shape index (κ2) is 8.16. The first kappa shape index (κ1) is 23.8. The molecule has 1 N–H and O–H groups in total. The van der Waals surface area contributed by atoms with Gasteiger partial charge in [0.05, 0.1) is 6.10 Å². The van der Waals surface area contributed by atoms with Gasteiger partial charge < -0.3 is 28.5 Å². The first-order valence-electron chi connectivity index (χ1n) is 11.1. The molecule has 3 heterocycles. The smallest absolute Gasteiger partial charge is 0.341 e. The summed E-state index contributed by atoms with van der Waals surface area (Å²) < 4.78 is 28.0. The molecule has 2 aromatic rings. The second-order valence-electron chi connectivity index (χ2n) is 9.37. The van der Waals surface area contributed by atoms with Crippen LogP contribution in [0.1, 0.15) is 52.9 Å². The van der Waals surface area contributed by atoms with E-state index in [-0.39, 0.29) is 41.6 Å². The summed E-state index contributed by atoms with van der Waals surface area (Å²) in [4.78, 5) is 37.3. The van der Waals surface area contributed by atoms with Crippen LogP contribution in [0.5, 0.6) is 11.5 Å². The van der Waals surface area contributed by atoms with Gasteiger partial charge in [-0.25, -0.2) is 9.59 Å². The van der Waals surface area contributed by atoms with Gasteiger partial charge in [0.25, 0.3) is 0 Å². The Hall–Kier alpha value is -3.33. The molecule has 0 bridgehead atoms. The Morgan fingerprint density at radius 1 is 1.26 bits per heavy atom. The molecule has 2 aliphatic rings. The van der Waals surface area contributed by atoms with Crippen LogP contribution < -0.4 is 10.2 Å². The number of fused-ring (bicyclic) bond motifs is 2. The van der Waals surface area contributed by atoms with Gasteiger partial charge in [0.2, 0.25) is 0 Å². The fraction of sp³-hybridized carbons (Fsp3) is 0.480. The molecule has 34 heavy (non-hydrogen) atoms. The predicted octanol–water partition coefficient (Wildman–Crippen LogP) is 3.31. The van der Waals surface area contributed by atoms with E-state index in [2.05, 4.69) is 0 Å². The highest BCUT2D eigenvalue weighted by molar-refractivity contribution is 5.88. The lowest BCUT2D eigenvalue weighted by atomic mass is 9.89. The summed E-state index contributed by atoms with van der Waals surface area (Å²) in [6, 6.07) is 2.69. The fourth-order valence-corrected chi connectivity index (χ4v) is 3.86. The van der Waals surface area contributed by atoms with Gasteiger partial charge in [-0.2, -0.15) is 0 Å². The van der Waals surface area contributed by atoms with Crippen molar-refractivity contribution in [3.63, 3.8) is 0 Å². The quantitative estimate of drug-likeness (QED) is 0.396. The molecule has 4 rings (SSSR count). The zero-order valence-electron chi connectivity index (χ0n) is 20.0. The molecule has 1 aromatic carbocycles. The molecule has 9 heteroatoms. The Morgan fingerprint density at radius 2 is 1.94 bits per heavy atom. The molecule has 182 valence electrons. The van der Waals surface area contributed by atoms with Gasteiger partial charge in [-0.15, -0.1) is 0 Å². The van der Waals surface area contributed by atoms with Gasteiger partial charge in [-0.1, -0.05) is 6.08 Å². The van der Waals surface area contributed by atoms with E-state index in [1.54, 1.807) is 47.6 Å². The number of esters is 2. The van der Waals surface area contributed by atoms with Crippen molar-refractivity contribution in [1.82, 2.24) is 0 Å². The molecule has 9 nitrogen and oxygen atoms in total. The maximum atomic E-state index is 12.8. The summed E-state index contributed by atoms with van der Waals surface area (Å²) in [5.41, 5.74) is -1.55. The molecule has 2 aliphatic heterocycles. The minimum absolute atomic E-state index is 0.0297. The molecule has 1 aromatic heterocycles. The van der Waals surface area contributed by atoms with E-state index in [1.807, 2.05) is 0 Å². The molecule has 0 radical (unpaired) electrons. The average molecular weight is 472 g/mol. The van der Waals surface area contributed by atoms with Crippen LogP contribution in [0.15, 0.2) is 33.0 Å². The van der Waals surface area contributed by atoms with Crippen LogP contribution in [0.4, 0.5) is 0 Å². The first-order chi connectivity index (χ1) is 15.9. The second-order valence-corrected chi connectivity index (χ2v) is 9.37. The van der Waals surface area contributed by atoms with Crippen LogP contribution in [0.3, 0.4) is 0 Å². The molecular formula is C25H28O9. The zero-order valence-corrected chi connectivity index (χ0v) is 20.0. The highest BCUT2D eigenvalue weighted by Gasteiger charge is 2.58. The van der Waals surface area contributed by atoms with E-state index in [9.17, 15) is 19.5 Å². The van der Waals surface area contributed by atoms with E-state index in [1.165, 1.54) is 12.1 Å². The summed E-state index contributed by atoms with van der Waals surface area (Å²) >= 11 is 0. The SMILES string of the molecule is CC=C(C)C(=O)OCc1cc(=O)c2c(O)c3c(cc2o1)OC(C)(C)C(OC(=O)C1(C)OC1C)C3. The highest BCUT2D eigenvalue weighted by Crippen LogP contribution is 2.44. The largest absolute Gasteiger partial charge is 0.507 e. The van der Waals surface area contributed by atoms with Crippen molar-refractivity contribution >= 4 is 22.9 Å². The van der Waals surface area contributed by atoms with Crippen molar-refractivity contribution in [2.45, 2.75) is 78.0 Å². The third kappa shape index (κ3) is 4.04. The minimum Gasteiger partial charge on any atom is -0.507 e. The van der Waals surface area contributed by atoms with Crippen LogP contribution in [-0.4, -0.2) is 40.5 Å². The van der Waals surface area contributed by atoms with Crippen LogP contribution in [-0.2, 0) is 36.8 Å². The number of allylic oxidation sites excluding steroid dienone is 1. The average Bonchev–Trinajstić information content (AvgIpc) is 3.39. The summed E-state index contributed by atoms with van der Waals surface area (Å²) in [5.74, 6) is -0.885. The van der Waals surface area contributed by atoms with E-state index >= 15 is 0 Å². The summed E-state index contributed by atoms with van der Waals surface area (Å²) in [5, 5.41) is 10.9. The monoisotopic (exact) mass is 472 g/mol. The lowest BCUT2D eigenvalue weighted by Crippen LogP contribution is -2.50. The summed E-state index contributed by atoms with van der Waals surface area (Å²) in [7, 11) is 0. The predicted molar refractivity (Wildman–Crippen MR) is 121 cm³/mol. The Morgan fingerprint density at radius 3 is 2.56 bits per heavy atom. The molecule has 0 saturated carbocycles. The lowest BCUT2D eigenvalue weighted by Gasteiger charge is -2.39. The molecule has 0 spiro atoms. The van der Waals surface area contributed by atoms with E-state index in [0.717, 1.165) is 0 Å². The number of benzene rings is 1. The number of epoxide rings is 1. The molecule has 3 atom stereocenters. The Kier molecular flexibility index (Phi) is 5.72. The number of hydrogen-bond donors (Lipinski definition) is 1. The Labute approximate surface area is 196 Å². The molecule has 1 saturated heterocycles. The van der Waals surface area contributed by atoms with Gasteiger partial charge in [-0.3, -0.25) is 4.79 Å². The van der Waals surface area contributed by atoms with Crippen LogP contribution in [0.2, 0.25) is 0 Å². The van der Waals surface area contributed by atoms with Crippen molar-refractivity contribution in [3.8, 4) is 11.5 Å². The molecule has 0 amide bonds. The fourth-order valence-electron chi connectivity index (χ4n) is 3.86. The van der Waals surface area contributed by atoms with Crippen molar-refractivity contribution in [2.75, 3.05) is 0 Å². The zero-order chi connectivity index (χ0) is 25.0. The molecular weight excluding hydrogens is 444 g/mol. The van der Waals surface area contributed by atoms with Gasteiger partial charge in [0.1, 0.15) is 46.5 Å². The van der Waals surface area contributed by atoms with Crippen LogP contribution in [0.25, 0.3) is 11.0 Å². The number of ether oxygens (including phenoxy) is 4. The number of hydrogen-bond acceptors (Lipinski definition) is 9. The number of phenolic OH excluding ortho intramolecular Hbond substituents is 1. The van der Waals surface area contributed by atoms with Crippen LogP contribution in [0, 0.1) is 0 Å². The standard InChI is InChI=1S/C25H28O9/c1-7-12(2)22(28)30-11-14-8-16(26)20-18(31-14)10-17-15(21(20)27)9-19(24(4,5)34-17)32-23(29)25(6)13(3)33-25/h7-8,10,13,19,27H,9,11H2,1-6H3. The van der Waals surface area contributed by atoms with Crippen LogP contribution >= 0.6 is 0 Å². The number of rotatable bonds is 5. The van der Waals surface area contributed by atoms with E-state index in [0.29, 0.717) is 16.9 Å². The third-order valence-corrected chi connectivity index (χ3v) is 6.54. The van der Waals surface area contributed by atoms with E-state index < -0.39 is 34.7 Å².